The molecule has 0 saturated carbocycles. The molecule has 0 aliphatic carbocycles. The maximum atomic E-state index is 11.7. The van der Waals surface area contributed by atoms with Crippen molar-refractivity contribution < 1.29 is 0 Å². The van der Waals surface area contributed by atoms with Crippen LogP contribution in [0.4, 0.5) is 11.5 Å². The Morgan fingerprint density at radius 3 is 2.83 bits per heavy atom. The maximum absolute atomic E-state index is 11.7. The van der Waals surface area contributed by atoms with Gasteiger partial charge in [0.15, 0.2) is 0 Å². The third kappa shape index (κ3) is 2.17. The zero-order chi connectivity index (χ0) is 13.3. The van der Waals surface area contributed by atoms with Crippen LogP contribution in [0, 0.1) is 0 Å². The molecule has 4 N–H and O–H groups in total. The molecule has 0 radical (unpaired) electrons. The number of hydrogen-bond acceptors (Lipinski definition) is 5. The number of hydrogen-bond donors (Lipinski definition) is 3. The predicted octanol–water partition coefficient (Wildman–Crippen LogP) is 0.890. The summed E-state index contributed by atoms with van der Waals surface area (Å²) in [6.07, 6.45) is 0. The number of nitrogen functional groups attached to an aromatic ring is 1. The Morgan fingerprint density at radius 1 is 1.50 bits per heavy atom. The summed E-state index contributed by atoms with van der Waals surface area (Å²) in [7, 11) is 1.51. The van der Waals surface area contributed by atoms with Crippen molar-refractivity contribution in [1.29, 1.82) is 0 Å². The first-order valence-corrected chi connectivity index (χ1v) is 6.32. The highest BCUT2D eigenvalue weighted by Crippen LogP contribution is 2.21. The number of aromatic nitrogens is 2. The third-order valence-electron chi connectivity index (χ3n) is 2.77. The van der Waals surface area contributed by atoms with Crippen molar-refractivity contribution in [3.05, 3.63) is 43.2 Å². The van der Waals surface area contributed by atoms with E-state index in [1.165, 1.54) is 11.6 Å². The van der Waals surface area contributed by atoms with Crippen molar-refractivity contribution in [2.75, 3.05) is 11.1 Å². The Kier molecular flexibility index (Phi) is 3.24. The van der Waals surface area contributed by atoms with E-state index in [0.29, 0.717) is 0 Å². The number of H-pyrrole nitrogens is 1. The van der Waals surface area contributed by atoms with Gasteiger partial charge in [-0.1, -0.05) is 0 Å². The van der Waals surface area contributed by atoms with Crippen molar-refractivity contribution in [1.82, 2.24) is 9.55 Å². The van der Waals surface area contributed by atoms with Gasteiger partial charge in [0.25, 0.3) is 5.56 Å². The lowest BCUT2D eigenvalue weighted by Gasteiger charge is -2.16. The van der Waals surface area contributed by atoms with Crippen LogP contribution in [0.3, 0.4) is 0 Å². The second-order valence-electron chi connectivity index (χ2n) is 4.00. The van der Waals surface area contributed by atoms with Crippen LogP contribution >= 0.6 is 11.3 Å². The van der Waals surface area contributed by atoms with E-state index < -0.39 is 11.2 Å². The SMILES string of the molecule is CC(Nc1c(N)n(C)c(=O)[nH]c1=O)c1ccsc1. The van der Waals surface area contributed by atoms with Gasteiger partial charge in [-0.2, -0.15) is 11.3 Å². The molecule has 6 nitrogen and oxygen atoms in total. The number of nitrogens with one attached hydrogen (secondary N) is 2. The van der Waals surface area contributed by atoms with E-state index in [2.05, 4.69) is 10.3 Å². The van der Waals surface area contributed by atoms with E-state index in [1.54, 1.807) is 11.3 Å². The average Bonchev–Trinajstić information content (AvgIpc) is 2.85. The molecular formula is C11H14N4O2S. The largest absolute Gasteiger partial charge is 0.383 e. The smallest absolute Gasteiger partial charge is 0.329 e. The second-order valence-corrected chi connectivity index (χ2v) is 4.78. The zero-order valence-corrected chi connectivity index (χ0v) is 10.9. The molecule has 1 unspecified atom stereocenters. The molecule has 1 atom stereocenters. The van der Waals surface area contributed by atoms with Gasteiger partial charge in [0.05, 0.1) is 0 Å². The lowest BCUT2D eigenvalue weighted by molar-refractivity contribution is 0.801. The van der Waals surface area contributed by atoms with Crippen LogP contribution < -0.4 is 22.3 Å². The van der Waals surface area contributed by atoms with Crippen LogP contribution in [-0.2, 0) is 7.05 Å². The van der Waals surface area contributed by atoms with Gasteiger partial charge >= 0.3 is 5.69 Å². The first-order valence-electron chi connectivity index (χ1n) is 5.38. The van der Waals surface area contributed by atoms with E-state index >= 15 is 0 Å². The highest BCUT2D eigenvalue weighted by Gasteiger charge is 2.13. The van der Waals surface area contributed by atoms with Gasteiger partial charge in [0, 0.05) is 13.1 Å². The number of nitrogens with zero attached hydrogens (tertiary/aromatic N) is 1. The molecule has 0 saturated heterocycles. The normalized spacial score (nSPS) is 12.3. The molecule has 0 aromatic carbocycles. The summed E-state index contributed by atoms with van der Waals surface area (Å²) in [6.45, 7) is 1.92. The quantitative estimate of drug-likeness (QED) is 0.769. The van der Waals surface area contributed by atoms with Crippen molar-refractivity contribution in [2.24, 2.45) is 7.05 Å². The number of nitrogens with two attached hydrogens (primary N) is 1. The van der Waals surface area contributed by atoms with Crippen LogP contribution in [-0.4, -0.2) is 9.55 Å². The summed E-state index contributed by atoms with van der Waals surface area (Å²) in [5, 5.41) is 6.98. The molecule has 0 bridgehead atoms. The molecule has 2 heterocycles. The monoisotopic (exact) mass is 266 g/mol. The summed E-state index contributed by atoms with van der Waals surface area (Å²) < 4.78 is 1.20. The van der Waals surface area contributed by atoms with Crippen molar-refractivity contribution >= 4 is 22.8 Å². The second kappa shape index (κ2) is 4.69. The minimum absolute atomic E-state index is 0.0582. The Labute approximate surface area is 107 Å². The third-order valence-corrected chi connectivity index (χ3v) is 3.48. The van der Waals surface area contributed by atoms with Crippen LogP contribution in [0.1, 0.15) is 18.5 Å². The number of rotatable bonds is 3. The molecule has 0 amide bonds. The Bertz CT molecular complexity index is 657. The molecule has 2 rings (SSSR count). The van der Waals surface area contributed by atoms with E-state index in [9.17, 15) is 9.59 Å². The topological polar surface area (TPSA) is 92.9 Å². The van der Waals surface area contributed by atoms with Crippen molar-refractivity contribution in [3.8, 4) is 0 Å². The lowest BCUT2D eigenvalue weighted by atomic mass is 10.2. The molecule has 2 aromatic heterocycles. The van der Waals surface area contributed by atoms with E-state index in [4.69, 9.17) is 5.73 Å². The molecule has 0 fully saturated rings. The van der Waals surface area contributed by atoms with Crippen molar-refractivity contribution in [2.45, 2.75) is 13.0 Å². The maximum Gasteiger partial charge on any atom is 0.329 e. The Balaban J connectivity index is 2.39. The van der Waals surface area contributed by atoms with Gasteiger partial charge in [0.1, 0.15) is 11.5 Å². The lowest BCUT2D eigenvalue weighted by Crippen LogP contribution is -2.32. The van der Waals surface area contributed by atoms with Gasteiger partial charge in [-0.15, -0.1) is 0 Å². The van der Waals surface area contributed by atoms with Gasteiger partial charge in [0.2, 0.25) is 0 Å². The average molecular weight is 266 g/mol. The summed E-state index contributed by atoms with van der Waals surface area (Å²) in [5.74, 6) is 0.130. The molecule has 2 aromatic rings. The van der Waals surface area contributed by atoms with Crippen LogP contribution in [0.2, 0.25) is 0 Å². The highest BCUT2D eigenvalue weighted by molar-refractivity contribution is 7.07. The Hall–Kier alpha value is -2.02. The standard InChI is InChI=1S/C11H14N4O2S/c1-6(7-3-4-18-5-7)13-8-9(12)15(2)11(17)14-10(8)16/h3-6,13H,12H2,1-2H3,(H,14,16,17). The van der Waals surface area contributed by atoms with Crippen LogP contribution in [0.25, 0.3) is 0 Å². The first-order chi connectivity index (χ1) is 8.50. The summed E-state index contributed by atoms with van der Waals surface area (Å²) >= 11 is 1.58. The molecule has 0 aliphatic rings. The molecule has 7 heteroatoms. The predicted molar refractivity (Wildman–Crippen MR) is 73.1 cm³/mol. The van der Waals surface area contributed by atoms with Crippen LogP contribution in [0.5, 0.6) is 0 Å². The minimum atomic E-state index is -0.522. The molecule has 96 valence electrons. The fourth-order valence-electron chi connectivity index (χ4n) is 1.60. The fourth-order valence-corrected chi connectivity index (χ4v) is 2.35. The molecule has 18 heavy (non-hydrogen) atoms. The van der Waals surface area contributed by atoms with E-state index in [0.717, 1.165) is 5.56 Å². The fraction of sp³-hybridized carbons (Fsp3) is 0.273. The molecule has 0 aliphatic heterocycles. The van der Waals surface area contributed by atoms with Crippen LogP contribution in [0.15, 0.2) is 26.4 Å². The Morgan fingerprint density at radius 2 is 2.22 bits per heavy atom. The highest BCUT2D eigenvalue weighted by atomic mass is 32.1. The van der Waals surface area contributed by atoms with E-state index in [-0.39, 0.29) is 17.5 Å². The van der Waals surface area contributed by atoms with Gasteiger partial charge in [-0.3, -0.25) is 14.3 Å². The summed E-state index contributed by atoms with van der Waals surface area (Å²) in [5.41, 5.74) is 6.03. The minimum Gasteiger partial charge on any atom is -0.383 e. The summed E-state index contributed by atoms with van der Waals surface area (Å²) in [4.78, 5) is 25.2. The van der Waals surface area contributed by atoms with Crippen molar-refractivity contribution in [3.63, 3.8) is 0 Å². The van der Waals surface area contributed by atoms with Gasteiger partial charge in [-0.25, -0.2) is 4.79 Å². The van der Waals surface area contributed by atoms with E-state index in [1.807, 2.05) is 23.8 Å². The van der Waals surface area contributed by atoms with Gasteiger partial charge < -0.3 is 11.1 Å². The molecule has 0 spiro atoms. The summed E-state index contributed by atoms with van der Waals surface area (Å²) in [6, 6.07) is 1.91. The zero-order valence-electron chi connectivity index (χ0n) is 10.1. The first kappa shape index (κ1) is 12.4. The van der Waals surface area contributed by atoms with Gasteiger partial charge in [-0.05, 0) is 29.3 Å². The number of thiophene rings is 1. The molecular weight excluding hydrogens is 252 g/mol. The number of aromatic amines is 1. The number of anilines is 2.